The Bertz CT molecular complexity index is 1460. The van der Waals surface area contributed by atoms with Crippen molar-refractivity contribution in [2.75, 3.05) is 4.72 Å². The van der Waals surface area contributed by atoms with E-state index in [4.69, 9.17) is 0 Å². The van der Waals surface area contributed by atoms with Crippen molar-refractivity contribution in [3.8, 4) is 5.69 Å². The van der Waals surface area contributed by atoms with Crippen molar-refractivity contribution in [3.63, 3.8) is 0 Å². The number of nitrogens with zero attached hydrogens (tertiary/aromatic N) is 2. The van der Waals surface area contributed by atoms with E-state index in [1.54, 1.807) is 18.2 Å². The average molecular weight is 508 g/mol. The Morgan fingerprint density at radius 3 is 2.67 bits per heavy atom. The zero-order chi connectivity index (χ0) is 25.1. The lowest BCUT2D eigenvalue weighted by Crippen LogP contribution is -2.45. The summed E-state index contributed by atoms with van der Waals surface area (Å²) in [6.07, 6.45) is 8.63. The average Bonchev–Trinajstić information content (AvgIpc) is 3.60. The van der Waals surface area contributed by atoms with Gasteiger partial charge < -0.3 is 5.11 Å². The summed E-state index contributed by atoms with van der Waals surface area (Å²) in [7, 11) is -3.35. The summed E-state index contributed by atoms with van der Waals surface area (Å²) in [6, 6.07) is 13.8. The monoisotopic (exact) mass is 507 g/mol. The molecule has 1 heterocycles. The molecular formula is C28H30FN3O3S. The molecule has 0 bridgehead atoms. The Hall–Kier alpha value is -2.97. The summed E-state index contributed by atoms with van der Waals surface area (Å²) in [5.41, 5.74) is 4.20. The summed E-state index contributed by atoms with van der Waals surface area (Å²) in [6.45, 7) is 2.13. The van der Waals surface area contributed by atoms with Crippen molar-refractivity contribution < 1.29 is 17.9 Å². The van der Waals surface area contributed by atoms with Crippen LogP contribution in [0.15, 0.2) is 60.3 Å². The number of nitrogens with one attached hydrogen (secondary N) is 1. The molecule has 2 N–H and O–H groups in total. The highest BCUT2D eigenvalue weighted by Crippen LogP contribution is 2.57. The number of hydrogen-bond acceptors (Lipinski definition) is 4. The number of para-hydroxylation sites is 1. The minimum Gasteiger partial charge on any atom is -0.389 e. The minimum atomic E-state index is -3.35. The van der Waals surface area contributed by atoms with Crippen LogP contribution in [0.1, 0.15) is 55.8 Å². The van der Waals surface area contributed by atoms with Gasteiger partial charge in [0.25, 0.3) is 0 Å². The van der Waals surface area contributed by atoms with Crippen molar-refractivity contribution in [2.24, 2.45) is 5.41 Å². The molecule has 2 fully saturated rings. The van der Waals surface area contributed by atoms with Gasteiger partial charge in [-0.2, -0.15) is 5.10 Å². The molecule has 0 amide bonds. The van der Waals surface area contributed by atoms with Gasteiger partial charge in [-0.3, -0.25) is 4.72 Å². The summed E-state index contributed by atoms with van der Waals surface area (Å²) >= 11 is 0. The van der Waals surface area contributed by atoms with Gasteiger partial charge in [-0.15, -0.1) is 0 Å². The first kappa shape index (κ1) is 23.4. The molecule has 0 unspecified atom stereocenters. The van der Waals surface area contributed by atoms with Crippen LogP contribution in [-0.2, 0) is 22.9 Å². The van der Waals surface area contributed by atoms with E-state index in [0.717, 1.165) is 28.9 Å². The summed E-state index contributed by atoms with van der Waals surface area (Å²) in [5, 5.41) is 16.2. The molecule has 6 nitrogen and oxygen atoms in total. The number of aliphatic hydroxyl groups is 1. The topological polar surface area (TPSA) is 84.2 Å². The predicted molar refractivity (Wildman–Crippen MR) is 138 cm³/mol. The number of sulfonamides is 1. The highest BCUT2D eigenvalue weighted by Gasteiger charge is 2.54. The Balaban J connectivity index is 1.24. The van der Waals surface area contributed by atoms with E-state index >= 15 is 0 Å². The Morgan fingerprint density at radius 1 is 1.17 bits per heavy atom. The smallest absolute Gasteiger partial charge is 0.235 e. The molecule has 188 valence electrons. The zero-order valence-electron chi connectivity index (χ0n) is 20.2. The second-order valence-electron chi connectivity index (χ2n) is 10.7. The fraction of sp³-hybridized carbons (Fsp3) is 0.393. The van der Waals surface area contributed by atoms with E-state index in [0.29, 0.717) is 44.2 Å². The van der Waals surface area contributed by atoms with E-state index in [1.807, 2.05) is 29.1 Å². The van der Waals surface area contributed by atoms with Crippen LogP contribution in [0.3, 0.4) is 0 Å². The fourth-order valence-corrected chi connectivity index (χ4v) is 7.34. The Kier molecular flexibility index (Phi) is 5.39. The van der Waals surface area contributed by atoms with Crippen LogP contribution in [0.5, 0.6) is 0 Å². The van der Waals surface area contributed by atoms with Crippen LogP contribution in [-0.4, -0.2) is 34.2 Å². The van der Waals surface area contributed by atoms with E-state index in [2.05, 4.69) is 22.8 Å². The number of benzene rings is 2. The molecule has 2 atom stereocenters. The molecule has 8 heteroatoms. The third kappa shape index (κ3) is 3.87. The van der Waals surface area contributed by atoms with Crippen molar-refractivity contribution in [2.45, 2.75) is 62.7 Å². The van der Waals surface area contributed by atoms with Gasteiger partial charge in [-0.1, -0.05) is 30.7 Å². The highest BCUT2D eigenvalue weighted by molar-refractivity contribution is 7.93. The molecule has 6 rings (SSSR count). The van der Waals surface area contributed by atoms with Crippen LogP contribution < -0.4 is 4.72 Å². The number of aromatic nitrogens is 2. The molecule has 0 radical (unpaired) electrons. The van der Waals surface area contributed by atoms with Crippen LogP contribution in [0.4, 0.5) is 10.1 Å². The number of aryl methyl sites for hydroxylation is 1. The molecule has 3 aromatic rings. The third-order valence-corrected chi connectivity index (χ3v) is 10.3. The second-order valence-corrected chi connectivity index (χ2v) is 12.6. The Morgan fingerprint density at radius 2 is 1.92 bits per heavy atom. The molecule has 3 aliphatic rings. The van der Waals surface area contributed by atoms with Gasteiger partial charge in [0.2, 0.25) is 10.0 Å². The molecule has 3 aliphatic carbocycles. The molecule has 0 spiro atoms. The molecule has 0 aliphatic heterocycles. The van der Waals surface area contributed by atoms with Crippen molar-refractivity contribution in [1.82, 2.24) is 9.78 Å². The van der Waals surface area contributed by atoms with Crippen molar-refractivity contribution in [1.29, 1.82) is 0 Å². The minimum absolute atomic E-state index is 0.284. The van der Waals surface area contributed by atoms with Gasteiger partial charge in [0.05, 0.1) is 34.1 Å². The number of rotatable bonds is 7. The van der Waals surface area contributed by atoms with Crippen LogP contribution in [0.25, 0.3) is 11.8 Å². The van der Waals surface area contributed by atoms with Gasteiger partial charge in [0, 0.05) is 5.41 Å². The zero-order valence-corrected chi connectivity index (χ0v) is 21.1. The van der Waals surface area contributed by atoms with Crippen molar-refractivity contribution >= 4 is 21.8 Å². The lowest BCUT2D eigenvalue weighted by atomic mass is 9.65. The van der Waals surface area contributed by atoms with Crippen LogP contribution in [0.2, 0.25) is 0 Å². The van der Waals surface area contributed by atoms with E-state index < -0.39 is 21.0 Å². The maximum absolute atomic E-state index is 13.4. The van der Waals surface area contributed by atoms with Gasteiger partial charge in [-0.05, 0) is 92.5 Å². The number of anilines is 1. The summed E-state index contributed by atoms with van der Waals surface area (Å²) in [5.74, 6) is -0.284. The maximum atomic E-state index is 13.4. The van der Waals surface area contributed by atoms with Gasteiger partial charge in [0.15, 0.2) is 0 Å². The third-order valence-electron chi connectivity index (χ3n) is 8.40. The fourth-order valence-electron chi connectivity index (χ4n) is 5.91. The number of hydrogen-bond donors (Lipinski definition) is 2. The standard InChI is InChI=1S/C28H30FN3O3S/c1-27-17-20-18-30-32(23-8-6-22(29)7-9-23)26(20)16-21(27)13-15-28(27,33)14-12-19-4-2-3-5-25(19)31-36(34,35)24-10-11-24/h2-9,16,18,24,31,33H,10-15,17H2,1H3/t27-,28-/m0/s1. The molecule has 2 aromatic carbocycles. The normalized spacial score (nSPS) is 25.2. The lowest BCUT2D eigenvalue weighted by molar-refractivity contribution is -0.0461. The van der Waals surface area contributed by atoms with E-state index in [-0.39, 0.29) is 11.1 Å². The summed E-state index contributed by atoms with van der Waals surface area (Å²) < 4.78 is 43.1. The second kappa shape index (κ2) is 8.28. The van der Waals surface area contributed by atoms with Crippen LogP contribution >= 0.6 is 0 Å². The van der Waals surface area contributed by atoms with E-state index in [9.17, 15) is 17.9 Å². The molecule has 1 aromatic heterocycles. The van der Waals surface area contributed by atoms with Gasteiger partial charge in [-0.25, -0.2) is 17.5 Å². The number of halogens is 1. The molecular weight excluding hydrogens is 477 g/mol. The highest BCUT2D eigenvalue weighted by atomic mass is 32.2. The first-order chi connectivity index (χ1) is 17.2. The first-order valence-corrected chi connectivity index (χ1v) is 14.1. The Labute approximate surface area is 210 Å². The molecule has 2 saturated carbocycles. The van der Waals surface area contributed by atoms with E-state index in [1.165, 1.54) is 17.7 Å². The summed E-state index contributed by atoms with van der Waals surface area (Å²) in [4.78, 5) is 0. The largest absolute Gasteiger partial charge is 0.389 e. The lowest BCUT2D eigenvalue weighted by Gasteiger charge is -2.42. The quantitative estimate of drug-likeness (QED) is 0.470. The van der Waals surface area contributed by atoms with Crippen LogP contribution in [0, 0.1) is 11.2 Å². The first-order valence-electron chi connectivity index (χ1n) is 12.5. The molecule has 0 saturated heterocycles. The van der Waals surface area contributed by atoms with Gasteiger partial charge >= 0.3 is 0 Å². The van der Waals surface area contributed by atoms with Crippen molar-refractivity contribution in [3.05, 3.63) is 82.9 Å². The predicted octanol–water partition coefficient (Wildman–Crippen LogP) is 5.02. The van der Waals surface area contributed by atoms with Gasteiger partial charge in [0.1, 0.15) is 5.82 Å². The SMILES string of the molecule is C[C@]12Cc3cnn(-c4ccc(F)cc4)c3C=C1CC[C@@]2(O)CCc1ccccc1NS(=O)(=O)C1CC1. The maximum Gasteiger partial charge on any atom is 0.235 e. The number of fused-ring (bicyclic) bond motifs is 2. The molecule has 36 heavy (non-hydrogen) atoms.